The number of hydrogen-bond donors (Lipinski definition) is 0. The first-order chi connectivity index (χ1) is 17.8. The molecule has 0 spiro atoms. The SMILES string of the molecule is CC1C2=C(CCCC2)[C]([Ti]([CH2]c2ccccc2)([CH2]c2ccccc2)[CH2]c2ccccc2)=C1C[Si](C)(C)C. The first kappa shape index (κ1) is 26.7. The Morgan fingerprint density at radius 3 is 1.51 bits per heavy atom. The molecule has 0 saturated heterocycles. The Bertz CT molecular complexity index is 1150. The van der Waals surface area contributed by atoms with E-state index >= 15 is 0 Å². The van der Waals surface area contributed by atoms with E-state index < -0.39 is 24.7 Å². The summed E-state index contributed by atoms with van der Waals surface area (Å²) in [5.74, 6) is 0.657. The molecule has 5 rings (SSSR count). The molecule has 37 heavy (non-hydrogen) atoms. The minimum absolute atomic E-state index is 0.657. The molecule has 0 saturated carbocycles. The molecule has 3 aromatic rings. The van der Waals surface area contributed by atoms with Crippen molar-refractivity contribution in [1.29, 1.82) is 0 Å². The summed E-state index contributed by atoms with van der Waals surface area (Å²) in [5.41, 5.74) is 10.2. The predicted molar refractivity (Wildman–Crippen MR) is 160 cm³/mol. The van der Waals surface area contributed by atoms with E-state index in [2.05, 4.69) is 118 Å². The van der Waals surface area contributed by atoms with Crippen molar-refractivity contribution < 1.29 is 16.6 Å². The van der Waals surface area contributed by atoms with Gasteiger partial charge in [0.05, 0.1) is 0 Å². The molecule has 1 unspecified atom stereocenters. The van der Waals surface area contributed by atoms with E-state index in [4.69, 9.17) is 0 Å². The van der Waals surface area contributed by atoms with Gasteiger partial charge in [0.15, 0.2) is 0 Å². The molecule has 2 aliphatic carbocycles. The first-order valence-corrected chi connectivity index (χ1v) is 22.2. The van der Waals surface area contributed by atoms with E-state index in [9.17, 15) is 0 Å². The van der Waals surface area contributed by atoms with E-state index in [1.54, 1.807) is 16.7 Å². The molecule has 0 N–H and O–H groups in total. The summed E-state index contributed by atoms with van der Waals surface area (Å²) in [7, 11) is -1.28. The van der Waals surface area contributed by atoms with Gasteiger partial charge in [-0.2, -0.15) is 0 Å². The van der Waals surface area contributed by atoms with Gasteiger partial charge in [-0.05, 0) is 0 Å². The Morgan fingerprint density at radius 1 is 0.649 bits per heavy atom. The zero-order chi connectivity index (χ0) is 25.9. The maximum atomic E-state index is 2.59. The van der Waals surface area contributed by atoms with Gasteiger partial charge in [-0.15, -0.1) is 0 Å². The molecule has 1 atom stereocenters. The molecule has 0 aromatic heterocycles. The summed E-state index contributed by atoms with van der Waals surface area (Å²) in [4.78, 5) is 0. The van der Waals surface area contributed by atoms with Crippen LogP contribution in [0.25, 0.3) is 0 Å². The molecule has 0 fully saturated rings. The number of allylic oxidation sites excluding steroid dienone is 4. The molecule has 0 radical (unpaired) electrons. The van der Waals surface area contributed by atoms with Crippen LogP contribution in [0.4, 0.5) is 0 Å². The molecule has 2 heteroatoms. The Labute approximate surface area is 230 Å². The Balaban J connectivity index is 1.76. The summed E-state index contributed by atoms with van der Waals surface area (Å²) in [6.07, 6.45) is 5.40. The fourth-order valence-electron chi connectivity index (χ4n) is 7.20. The van der Waals surface area contributed by atoms with Gasteiger partial charge < -0.3 is 0 Å². The third-order valence-electron chi connectivity index (χ3n) is 8.59. The summed E-state index contributed by atoms with van der Waals surface area (Å²) in [6, 6.07) is 35.9. The van der Waals surface area contributed by atoms with Gasteiger partial charge in [-0.3, -0.25) is 0 Å². The van der Waals surface area contributed by atoms with Crippen LogP contribution in [0.1, 0.15) is 49.3 Å². The van der Waals surface area contributed by atoms with E-state index in [1.165, 1.54) is 45.9 Å². The van der Waals surface area contributed by atoms with Crippen molar-refractivity contribution in [3.8, 4) is 0 Å². The fourth-order valence-corrected chi connectivity index (χ4v) is 18.3. The zero-order valence-corrected chi connectivity index (χ0v) is 26.0. The second-order valence-corrected chi connectivity index (χ2v) is 24.7. The molecule has 0 heterocycles. The quantitative estimate of drug-likeness (QED) is 0.237. The fraction of sp³-hybridized carbons (Fsp3) is 0.371. The van der Waals surface area contributed by atoms with Crippen LogP contribution in [0.5, 0.6) is 0 Å². The van der Waals surface area contributed by atoms with Crippen LogP contribution >= 0.6 is 0 Å². The van der Waals surface area contributed by atoms with Gasteiger partial charge in [0.1, 0.15) is 0 Å². The van der Waals surface area contributed by atoms with E-state index in [0.717, 1.165) is 0 Å². The Morgan fingerprint density at radius 2 is 1.08 bits per heavy atom. The first-order valence-electron chi connectivity index (χ1n) is 14.4. The van der Waals surface area contributed by atoms with Crippen molar-refractivity contribution in [2.24, 2.45) is 5.92 Å². The average molecular weight is 541 g/mol. The summed E-state index contributed by atoms with van der Waals surface area (Å²) in [6.45, 7) is 10.3. The predicted octanol–water partition coefficient (Wildman–Crippen LogP) is 9.85. The Kier molecular flexibility index (Phi) is 8.25. The Hall–Kier alpha value is -1.93. The van der Waals surface area contributed by atoms with Crippen molar-refractivity contribution in [2.75, 3.05) is 0 Å². The van der Waals surface area contributed by atoms with Crippen LogP contribution in [0.2, 0.25) is 25.7 Å². The van der Waals surface area contributed by atoms with Crippen molar-refractivity contribution in [3.05, 3.63) is 128 Å². The number of rotatable bonds is 9. The molecule has 0 aliphatic heterocycles. The maximum absolute atomic E-state index is 2.79. The second kappa shape index (κ2) is 11.4. The van der Waals surface area contributed by atoms with Crippen LogP contribution in [0, 0.1) is 5.92 Å². The van der Waals surface area contributed by atoms with Crippen LogP contribution in [0.15, 0.2) is 112 Å². The van der Waals surface area contributed by atoms with Gasteiger partial charge in [0, 0.05) is 0 Å². The van der Waals surface area contributed by atoms with Gasteiger partial charge in [-0.1, -0.05) is 0 Å². The molecule has 0 nitrogen and oxygen atoms in total. The molecule has 0 amide bonds. The zero-order valence-electron chi connectivity index (χ0n) is 23.4. The molecule has 0 bridgehead atoms. The number of benzene rings is 3. The van der Waals surface area contributed by atoms with E-state index in [0.29, 0.717) is 5.92 Å². The summed E-state index contributed by atoms with van der Waals surface area (Å²) in [5, 5.41) is 0. The normalized spacial score (nSPS) is 18.3. The molecule has 192 valence electrons. The standard InChI is InChI=1S/C14H23Si.3C7H7.Ti/c1-11-13(10-15(2,3)4)9-12-7-5-6-8-14(11)12;3*1-7-5-3-2-4-6-7;/h11H,5-8,10H2,1-4H3;3*2-6H,1H2;. The van der Waals surface area contributed by atoms with E-state index in [1.807, 2.05) is 20.6 Å². The van der Waals surface area contributed by atoms with Gasteiger partial charge in [0.25, 0.3) is 0 Å². The van der Waals surface area contributed by atoms with Gasteiger partial charge >= 0.3 is 231 Å². The van der Waals surface area contributed by atoms with Gasteiger partial charge in [0.2, 0.25) is 0 Å². The van der Waals surface area contributed by atoms with Crippen LogP contribution in [-0.4, -0.2) is 8.07 Å². The molecular weight excluding hydrogens is 496 g/mol. The summed E-state index contributed by atoms with van der Waals surface area (Å²) >= 11 is -2.79. The summed E-state index contributed by atoms with van der Waals surface area (Å²) < 4.78 is 5.79. The van der Waals surface area contributed by atoms with E-state index in [-0.39, 0.29) is 0 Å². The van der Waals surface area contributed by atoms with Crippen LogP contribution in [-0.2, 0) is 30.8 Å². The molecule has 2 aliphatic rings. The third-order valence-corrected chi connectivity index (χ3v) is 17.7. The second-order valence-electron chi connectivity index (χ2n) is 12.8. The van der Waals surface area contributed by atoms with Crippen molar-refractivity contribution in [2.45, 2.75) is 72.5 Å². The third kappa shape index (κ3) is 6.22. The number of hydrogen-bond acceptors (Lipinski definition) is 0. The monoisotopic (exact) mass is 540 g/mol. The van der Waals surface area contributed by atoms with Gasteiger partial charge in [-0.25, -0.2) is 0 Å². The molecule has 3 aromatic carbocycles. The minimum atomic E-state index is -2.79. The topological polar surface area (TPSA) is 0 Å². The van der Waals surface area contributed by atoms with Crippen molar-refractivity contribution >= 4 is 8.07 Å². The van der Waals surface area contributed by atoms with Crippen LogP contribution in [0.3, 0.4) is 0 Å². The van der Waals surface area contributed by atoms with Crippen molar-refractivity contribution in [1.82, 2.24) is 0 Å². The average Bonchev–Trinajstić information content (AvgIpc) is 3.16. The van der Waals surface area contributed by atoms with Crippen LogP contribution < -0.4 is 0 Å². The van der Waals surface area contributed by atoms with Crippen molar-refractivity contribution in [3.63, 3.8) is 0 Å². The molecular formula is C35H44SiTi.